The molecule has 0 N–H and O–H groups in total. The fourth-order valence-electron chi connectivity index (χ4n) is 4.62. The average Bonchev–Trinajstić information content (AvgIpc) is 2.94. The van der Waals surface area contributed by atoms with Crippen LogP contribution in [-0.2, 0) is 0 Å². The lowest BCUT2D eigenvalue weighted by atomic mass is 9.89. The van der Waals surface area contributed by atoms with Crippen LogP contribution in [0.4, 0.5) is 0 Å². The summed E-state index contributed by atoms with van der Waals surface area (Å²) < 4.78 is 7.89. The highest BCUT2D eigenvalue weighted by Gasteiger charge is 2.25. The third-order valence-electron chi connectivity index (χ3n) is 6.32. The minimum absolute atomic E-state index is 0.0983. The number of hydrogen-bond donors (Lipinski definition) is 0. The van der Waals surface area contributed by atoms with Crippen molar-refractivity contribution in [1.82, 2.24) is 4.57 Å². The van der Waals surface area contributed by atoms with Crippen LogP contribution in [0.2, 0.25) is 0 Å². The first-order chi connectivity index (χ1) is 17.6. The molecule has 36 heavy (non-hydrogen) atoms. The van der Waals surface area contributed by atoms with Crippen LogP contribution in [0.5, 0.6) is 5.75 Å². The molecule has 0 amide bonds. The number of pyridine rings is 1. The number of hydrogen-bond acceptors (Lipinski definition) is 3. The van der Waals surface area contributed by atoms with E-state index in [0.29, 0.717) is 15.8 Å². The van der Waals surface area contributed by atoms with Gasteiger partial charge < -0.3 is 4.74 Å². The molecule has 1 heterocycles. The van der Waals surface area contributed by atoms with E-state index < -0.39 is 0 Å². The van der Waals surface area contributed by atoms with Gasteiger partial charge in [-0.1, -0.05) is 103 Å². The van der Waals surface area contributed by atoms with Crippen molar-refractivity contribution in [3.63, 3.8) is 0 Å². The van der Waals surface area contributed by atoms with Gasteiger partial charge in [0, 0.05) is 16.8 Å². The molecule has 0 saturated carbocycles. The van der Waals surface area contributed by atoms with Gasteiger partial charge in [-0.25, -0.2) is 0 Å². The van der Waals surface area contributed by atoms with Crippen LogP contribution < -0.4 is 4.74 Å². The summed E-state index contributed by atoms with van der Waals surface area (Å²) in [5.74, 6) is 0.656. The van der Waals surface area contributed by atoms with Gasteiger partial charge in [0.2, 0.25) is 0 Å². The van der Waals surface area contributed by atoms with Gasteiger partial charge >= 0.3 is 0 Å². The van der Waals surface area contributed by atoms with E-state index in [0.717, 1.165) is 39.4 Å². The number of ketones is 1. The van der Waals surface area contributed by atoms with Crippen molar-refractivity contribution in [2.45, 2.75) is 6.92 Å². The Labute approximate surface area is 216 Å². The maximum atomic E-state index is 14.1. The second kappa shape index (κ2) is 10.1. The number of rotatable bonds is 6. The van der Waals surface area contributed by atoms with Gasteiger partial charge in [0.15, 0.2) is 5.78 Å². The summed E-state index contributed by atoms with van der Waals surface area (Å²) in [7, 11) is 1.64. The van der Waals surface area contributed by atoms with E-state index in [-0.39, 0.29) is 5.78 Å². The van der Waals surface area contributed by atoms with Crippen LogP contribution in [-0.4, -0.2) is 17.5 Å². The number of methoxy groups -OCH3 is 1. The molecule has 0 spiro atoms. The molecule has 0 radical (unpaired) electrons. The van der Waals surface area contributed by atoms with Gasteiger partial charge in [-0.15, -0.1) is 0 Å². The molecule has 0 saturated heterocycles. The molecule has 5 aromatic rings. The van der Waals surface area contributed by atoms with E-state index in [2.05, 4.69) is 19.1 Å². The SMILES string of the molecule is COc1ccc(-c2c(C)c(-c3ccccc3)n(-c3ccccc3)c(=S)c2C(=O)c2ccccc2)cc1. The Bertz CT molecular complexity index is 1570. The molecule has 0 aliphatic heterocycles. The number of ether oxygens (including phenoxy) is 1. The van der Waals surface area contributed by atoms with Crippen molar-refractivity contribution in [3.05, 3.63) is 137 Å². The number of aromatic nitrogens is 1. The molecule has 4 aromatic carbocycles. The third kappa shape index (κ3) is 4.28. The maximum absolute atomic E-state index is 14.1. The van der Waals surface area contributed by atoms with Crippen molar-refractivity contribution >= 4 is 18.0 Å². The molecule has 0 unspecified atom stereocenters. The van der Waals surface area contributed by atoms with Crippen LogP contribution in [0.1, 0.15) is 21.5 Å². The maximum Gasteiger partial charge on any atom is 0.196 e. The van der Waals surface area contributed by atoms with E-state index >= 15 is 0 Å². The molecule has 0 aliphatic rings. The van der Waals surface area contributed by atoms with Crippen molar-refractivity contribution in [2.24, 2.45) is 0 Å². The summed E-state index contributed by atoms with van der Waals surface area (Å²) in [5.41, 5.74) is 6.74. The van der Waals surface area contributed by atoms with Crippen LogP contribution in [0, 0.1) is 11.6 Å². The number of para-hydroxylation sites is 1. The van der Waals surface area contributed by atoms with Crippen LogP contribution in [0.25, 0.3) is 28.1 Å². The minimum atomic E-state index is -0.0983. The average molecular weight is 488 g/mol. The predicted molar refractivity (Wildman–Crippen MR) is 149 cm³/mol. The Kier molecular flexibility index (Phi) is 6.61. The standard InChI is InChI=1S/C32H25NO2S/c1-22-28(23-18-20-27(35-2)21-19-23)29(31(34)25-14-8-4-9-15-25)32(36)33(26-16-10-5-11-17-26)30(22)24-12-6-3-7-13-24/h3-21H,1-2H3. The predicted octanol–water partition coefficient (Wildman–Crippen LogP) is 8.09. The molecule has 1 aromatic heterocycles. The van der Waals surface area contributed by atoms with E-state index in [1.54, 1.807) is 7.11 Å². The minimum Gasteiger partial charge on any atom is -0.497 e. The van der Waals surface area contributed by atoms with Gasteiger partial charge in [-0.05, 0) is 47.9 Å². The lowest BCUT2D eigenvalue weighted by Gasteiger charge is -2.23. The second-order valence-corrected chi connectivity index (χ2v) is 8.88. The Balaban J connectivity index is 1.92. The van der Waals surface area contributed by atoms with Crippen LogP contribution >= 0.6 is 12.2 Å². The fourth-order valence-corrected chi connectivity index (χ4v) is 5.01. The smallest absolute Gasteiger partial charge is 0.196 e. The number of carbonyl (C=O) groups is 1. The Morgan fingerprint density at radius 1 is 0.722 bits per heavy atom. The summed E-state index contributed by atoms with van der Waals surface area (Å²) in [6, 6.07) is 37.3. The van der Waals surface area contributed by atoms with Gasteiger partial charge in [0.05, 0.1) is 18.4 Å². The largest absolute Gasteiger partial charge is 0.497 e. The Hall–Kier alpha value is -4.28. The van der Waals surface area contributed by atoms with Crippen molar-refractivity contribution in [1.29, 1.82) is 0 Å². The molecule has 0 bridgehead atoms. The first kappa shape index (κ1) is 23.5. The Morgan fingerprint density at radius 2 is 1.28 bits per heavy atom. The number of nitrogens with zero attached hydrogens (tertiary/aromatic N) is 1. The van der Waals surface area contributed by atoms with E-state index in [1.807, 2.05) is 108 Å². The summed E-state index contributed by atoms with van der Waals surface area (Å²) in [6.07, 6.45) is 0. The zero-order valence-electron chi connectivity index (χ0n) is 20.1. The molecular weight excluding hydrogens is 462 g/mol. The molecule has 5 rings (SSSR count). The fraction of sp³-hybridized carbons (Fsp3) is 0.0625. The summed E-state index contributed by atoms with van der Waals surface area (Å²) in [6.45, 7) is 2.07. The topological polar surface area (TPSA) is 31.2 Å². The highest BCUT2D eigenvalue weighted by atomic mass is 32.1. The van der Waals surface area contributed by atoms with Crippen molar-refractivity contribution < 1.29 is 9.53 Å². The zero-order valence-corrected chi connectivity index (χ0v) is 21.0. The van der Waals surface area contributed by atoms with Gasteiger partial charge in [-0.2, -0.15) is 0 Å². The molecule has 176 valence electrons. The highest BCUT2D eigenvalue weighted by molar-refractivity contribution is 7.71. The van der Waals surface area contributed by atoms with E-state index in [9.17, 15) is 4.79 Å². The highest BCUT2D eigenvalue weighted by Crippen LogP contribution is 2.39. The number of carbonyl (C=O) groups excluding carboxylic acids is 1. The van der Waals surface area contributed by atoms with Crippen molar-refractivity contribution in [3.8, 4) is 33.8 Å². The third-order valence-corrected chi connectivity index (χ3v) is 6.71. The van der Waals surface area contributed by atoms with E-state index in [4.69, 9.17) is 17.0 Å². The van der Waals surface area contributed by atoms with Gasteiger partial charge in [0.1, 0.15) is 10.4 Å². The van der Waals surface area contributed by atoms with E-state index in [1.165, 1.54) is 0 Å². The molecule has 4 heteroatoms. The zero-order chi connectivity index (χ0) is 25.1. The first-order valence-corrected chi connectivity index (χ1v) is 12.2. The molecule has 0 fully saturated rings. The first-order valence-electron chi connectivity index (χ1n) is 11.7. The lowest BCUT2D eigenvalue weighted by Crippen LogP contribution is -2.14. The Morgan fingerprint density at radius 3 is 1.86 bits per heavy atom. The molecular formula is C32H25NO2S. The quantitative estimate of drug-likeness (QED) is 0.179. The van der Waals surface area contributed by atoms with Crippen molar-refractivity contribution in [2.75, 3.05) is 7.11 Å². The number of benzene rings is 4. The van der Waals surface area contributed by atoms with Gasteiger partial charge in [0.25, 0.3) is 0 Å². The normalized spacial score (nSPS) is 10.7. The monoisotopic (exact) mass is 487 g/mol. The molecule has 3 nitrogen and oxygen atoms in total. The molecule has 0 aliphatic carbocycles. The summed E-state index contributed by atoms with van der Waals surface area (Å²) in [4.78, 5) is 14.1. The molecule has 0 atom stereocenters. The summed E-state index contributed by atoms with van der Waals surface area (Å²) in [5, 5.41) is 0. The van der Waals surface area contributed by atoms with Crippen LogP contribution in [0.3, 0.4) is 0 Å². The second-order valence-electron chi connectivity index (χ2n) is 8.49. The summed E-state index contributed by atoms with van der Waals surface area (Å²) >= 11 is 6.15. The van der Waals surface area contributed by atoms with Crippen LogP contribution in [0.15, 0.2) is 115 Å². The lowest BCUT2D eigenvalue weighted by molar-refractivity contribution is 0.103. The van der Waals surface area contributed by atoms with Gasteiger partial charge in [-0.3, -0.25) is 9.36 Å².